The number of aliphatic hydroxyl groups excluding tert-OH is 1. The molecule has 0 saturated heterocycles. The first-order valence-electron chi connectivity index (χ1n) is 4.14. The summed E-state index contributed by atoms with van der Waals surface area (Å²) in [5, 5.41) is 9.37. The molecule has 6 nitrogen and oxygen atoms in total. The number of rotatable bonds is 6. The summed E-state index contributed by atoms with van der Waals surface area (Å²) >= 11 is 0. The summed E-state index contributed by atoms with van der Waals surface area (Å²) in [6.45, 7) is 3.37. The fourth-order valence-corrected chi connectivity index (χ4v) is 0.820. The SMILES string of the molecule is C=CCO[C@H](C(=O)OC)[C@@H](O)C(=O)OC. The topological polar surface area (TPSA) is 82.1 Å². The summed E-state index contributed by atoms with van der Waals surface area (Å²) in [5.41, 5.74) is 0. The second-order valence-corrected chi connectivity index (χ2v) is 2.53. The van der Waals surface area contributed by atoms with Gasteiger partial charge in [-0.25, -0.2) is 9.59 Å². The van der Waals surface area contributed by atoms with Gasteiger partial charge in [0.15, 0.2) is 12.2 Å². The Labute approximate surface area is 87.4 Å². The molecule has 0 aromatic carbocycles. The third kappa shape index (κ3) is 4.09. The Hall–Kier alpha value is -1.40. The largest absolute Gasteiger partial charge is 0.467 e. The van der Waals surface area contributed by atoms with Crippen molar-refractivity contribution in [1.82, 2.24) is 0 Å². The minimum absolute atomic E-state index is 0.00776. The third-order valence-electron chi connectivity index (χ3n) is 1.56. The molecule has 0 aliphatic heterocycles. The molecule has 0 fully saturated rings. The van der Waals surface area contributed by atoms with E-state index in [4.69, 9.17) is 4.74 Å². The Morgan fingerprint density at radius 1 is 1.33 bits per heavy atom. The summed E-state index contributed by atoms with van der Waals surface area (Å²) in [5.74, 6) is -1.82. The maximum absolute atomic E-state index is 11.1. The molecule has 0 saturated carbocycles. The highest BCUT2D eigenvalue weighted by Gasteiger charge is 2.34. The van der Waals surface area contributed by atoms with Gasteiger partial charge in [0.05, 0.1) is 20.8 Å². The van der Waals surface area contributed by atoms with E-state index >= 15 is 0 Å². The van der Waals surface area contributed by atoms with Crippen LogP contribution in [0.4, 0.5) is 0 Å². The second-order valence-electron chi connectivity index (χ2n) is 2.53. The first-order valence-corrected chi connectivity index (χ1v) is 4.14. The van der Waals surface area contributed by atoms with Crippen LogP contribution in [-0.4, -0.2) is 50.1 Å². The molecule has 0 heterocycles. The first-order chi connectivity index (χ1) is 7.08. The number of carbonyl (C=O) groups is 2. The van der Waals surface area contributed by atoms with Crippen LogP contribution in [0.1, 0.15) is 0 Å². The monoisotopic (exact) mass is 218 g/mol. The predicted molar refractivity (Wildman–Crippen MR) is 50.0 cm³/mol. The van der Waals surface area contributed by atoms with E-state index < -0.39 is 24.1 Å². The van der Waals surface area contributed by atoms with Crippen molar-refractivity contribution in [2.24, 2.45) is 0 Å². The van der Waals surface area contributed by atoms with Crippen LogP contribution in [0.25, 0.3) is 0 Å². The van der Waals surface area contributed by atoms with Crippen LogP contribution in [0, 0.1) is 0 Å². The number of esters is 2. The van der Waals surface area contributed by atoms with Crippen LogP contribution in [-0.2, 0) is 23.8 Å². The summed E-state index contributed by atoms with van der Waals surface area (Å²) in [4.78, 5) is 22.1. The first kappa shape index (κ1) is 13.6. The van der Waals surface area contributed by atoms with Crippen LogP contribution in [0.15, 0.2) is 12.7 Å². The molecule has 0 aromatic heterocycles. The van der Waals surface area contributed by atoms with Gasteiger partial charge in [0.1, 0.15) is 0 Å². The summed E-state index contributed by atoms with van der Waals surface area (Å²) in [6.07, 6.45) is -1.73. The van der Waals surface area contributed by atoms with E-state index in [1.165, 1.54) is 6.08 Å². The zero-order valence-corrected chi connectivity index (χ0v) is 8.63. The Morgan fingerprint density at radius 3 is 2.27 bits per heavy atom. The number of ether oxygens (including phenoxy) is 3. The molecule has 1 N–H and O–H groups in total. The van der Waals surface area contributed by atoms with Gasteiger partial charge in [-0.05, 0) is 0 Å². The third-order valence-corrected chi connectivity index (χ3v) is 1.56. The van der Waals surface area contributed by atoms with Gasteiger partial charge in [0.25, 0.3) is 0 Å². The average molecular weight is 218 g/mol. The maximum atomic E-state index is 11.1. The molecule has 0 rings (SSSR count). The molecule has 0 unspecified atom stereocenters. The van der Waals surface area contributed by atoms with Crippen LogP contribution >= 0.6 is 0 Å². The van der Waals surface area contributed by atoms with Crippen molar-refractivity contribution in [2.45, 2.75) is 12.2 Å². The van der Waals surface area contributed by atoms with E-state index in [0.717, 1.165) is 14.2 Å². The van der Waals surface area contributed by atoms with E-state index in [0.29, 0.717) is 0 Å². The number of carbonyl (C=O) groups excluding carboxylic acids is 2. The van der Waals surface area contributed by atoms with E-state index in [1.807, 2.05) is 0 Å². The predicted octanol–water partition coefficient (Wildman–Crippen LogP) is -0.735. The van der Waals surface area contributed by atoms with Gasteiger partial charge in [-0.2, -0.15) is 0 Å². The summed E-state index contributed by atoms with van der Waals surface area (Å²) in [7, 11) is 2.21. The molecule has 86 valence electrons. The zero-order valence-electron chi connectivity index (χ0n) is 8.63. The van der Waals surface area contributed by atoms with Crippen LogP contribution in [0.5, 0.6) is 0 Å². The molecular formula is C9H14O6. The maximum Gasteiger partial charge on any atom is 0.338 e. The van der Waals surface area contributed by atoms with Gasteiger partial charge in [0, 0.05) is 0 Å². The fourth-order valence-electron chi connectivity index (χ4n) is 0.820. The molecule has 0 radical (unpaired) electrons. The van der Waals surface area contributed by atoms with E-state index in [9.17, 15) is 14.7 Å². The smallest absolute Gasteiger partial charge is 0.338 e. The van der Waals surface area contributed by atoms with Crippen LogP contribution < -0.4 is 0 Å². The molecule has 0 spiro atoms. The highest BCUT2D eigenvalue weighted by molar-refractivity contribution is 5.85. The Balaban J connectivity index is 4.53. The normalized spacial score (nSPS) is 13.8. The molecule has 15 heavy (non-hydrogen) atoms. The van der Waals surface area contributed by atoms with Crippen molar-refractivity contribution in [1.29, 1.82) is 0 Å². The standard InChI is InChI=1S/C9H14O6/c1-4-5-15-7(9(12)14-3)6(10)8(11)13-2/h4,6-7,10H,1,5H2,2-3H3/t6-,7+/m1/s1. The van der Waals surface area contributed by atoms with Crippen molar-refractivity contribution in [3.05, 3.63) is 12.7 Å². The molecular weight excluding hydrogens is 204 g/mol. The van der Waals surface area contributed by atoms with Crippen molar-refractivity contribution >= 4 is 11.9 Å². The quantitative estimate of drug-likeness (QED) is 0.467. The lowest BCUT2D eigenvalue weighted by atomic mass is 10.2. The Morgan fingerprint density at radius 2 is 1.87 bits per heavy atom. The van der Waals surface area contributed by atoms with Crippen molar-refractivity contribution in [3.63, 3.8) is 0 Å². The number of hydrogen-bond donors (Lipinski definition) is 1. The fraction of sp³-hybridized carbons (Fsp3) is 0.556. The van der Waals surface area contributed by atoms with Gasteiger partial charge >= 0.3 is 11.9 Å². The Kier molecular flexibility index (Phi) is 6.32. The van der Waals surface area contributed by atoms with Gasteiger partial charge in [-0.15, -0.1) is 6.58 Å². The summed E-state index contributed by atoms with van der Waals surface area (Å²) < 4.78 is 13.5. The van der Waals surface area contributed by atoms with E-state index in [-0.39, 0.29) is 6.61 Å². The van der Waals surface area contributed by atoms with Crippen molar-refractivity contribution in [3.8, 4) is 0 Å². The molecule has 0 aliphatic rings. The number of aliphatic hydroxyl groups is 1. The molecule has 0 amide bonds. The van der Waals surface area contributed by atoms with Gasteiger partial charge < -0.3 is 19.3 Å². The Bertz CT molecular complexity index is 237. The molecule has 0 aliphatic carbocycles. The highest BCUT2D eigenvalue weighted by atomic mass is 16.6. The molecule has 0 aromatic rings. The minimum Gasteiger partial charge on any atom is -0.467 e. The highest BCUT2D eigenvalue weighted by Crippen LogP contribution is 2.04. The van der Waals surface area contributed by atoms with Gasteiger partial charge in [0.2, 0.25) is 0 Å². The average Bonchev–Trinajstić information content (AvgIpc) is 2.27. The molecule has 2 atom stereocenters. The van der Waals surface area contributed by atoms with Crippen LogP contribution in [0.2, 0.25) is 0 Å². The van der Waals surface area contributed by atoms with Crippen molar-refractivity contribution < 1.29 is 28.9 Å². The van der Waals surface area contributed by atoms with Gasteiger partial charge in [-0.3, -0.25) is 0 Å². The molecule has 6 heteroatoms. The lowest BCUT2D eigenvalue weighted by Crippen LogP contribution is -2.43. The van der Waals surface area contributed by atoms with E-state index in [1.54, 1.807) is 0 Å². The van der Waals surface area contributed by atoms with Crippen molar-refractivity contribution in [2.75, 3.05) is 20.8 Å². The van der Waals surface area contributed by atoms with Gasteiger partial charge in [-0.1, -0.05) is 6.08 Å². The lowest BCUT2D eigenvalue weighted by molar-refractivity contribution is -0.173. The number of hydrogen-bond acceptors (Lipinski definition) is 6. The van der Waals surface area contributed by atoms with E-state index in [2.05, 4.69) is 16.1 Å². The second kappa shape index (κ2) is 6.97. The zero-order chi connectivity index (χ0) is 11.8. The summed E-state index contributed by atoms with van der Waals surface area (Å²) in [6, 6.07) is 0. The lowest BCUT2D eigenvalue weighted by Gasteiger charge is -2.18. The molecule has 0 bridgehead atoms. The minimum atomic E-state index is -1.71. The number of methoxy groups -OCH3 is 2. The van der Waals surface area contributed by atoms with Crippen LogP contribution in [0.3, 0.4) is 0 Å².